The van der Waals surface area contributed by atoms with E-state index < -0.39 is 6.10 Å². The molecule has 1 saturated heterocycles. The Hall–Kier alpha value is -1.92. The normalized spacial score (nSPS) is 20.1. The Morgan fingerprint density at radius 3 is 2.75 bits per heavy atom. The predicted molar refractivity (Wildman–Crippen MR) is 88.8 cm³/mol. The summed E-state index contributed by atoms with van der Waals surface area (Å²) in [5.41, 5.74) is 1.03. The van der Waals surface area contributed by atoms with Crippen molar-refractivity contribution in [3.05, 3.63) is 51.8 Å². The monoisotopic (exact) mass is 329 g/mol. The molecule has 2 aromatic rings. The van der Waals surface area contributed by atoms with Crippen molar-refractivity contribution in [1.29, 1.82) is 0 Å². The molecule has 1 aliphatic heterocycles. The van der Waals surface area contributed by atoms with Gasteiger partial charge in [0, 0.05) is 37.5 Å². The number of nitrogens with zero attached hydrogens (tertiary/aromatic N) is 3. The Morgan fingerprint density at radius 1 is 1.29 bits per heavy atom. The molecule has 4 rings (SSSR count). The largest absolute Gasteiger partial charge is 0.464 e. The van der Waals surface area contributed by atoms with Crippen molar-refractivity contribution in [3.8, 4) is 0 Å². The Balaban J connectivity index is 1.30. The van der Waals surface area contributed by atoms with Crippen LogP contribution in [0, 0.1) is 12.8 Å². The molecule has 128 valence electrons. The van der Waals surface area contributed by atoms with Gasteiger partial charge in [-0.2, -0.15) is 5.10 Å². The Labute approximate surface area is 140 Å². The van der Waals surface area contributed by atoms with Crippen LogP contribution in [-0.2, 0) is 6.54 Å². The lowest BCUT2D eigenvalue weighted by molar-refractivity contribution is 0.0232. The third-order valence-corrected chi connectivity index (χ3v) is 4.87. The molecule has 2 aromatic heterocycles. The molecule has 0 bridgehead atoms. The predicted octanol–water partition coefficient (Wildman–Crippen LogP) is 1.69. The lowest BCUT2D eigenvalue weighted by atomic mass is 9.99. The summed E-state index contributed by atoms with van der Waals surface area (Å²) in [4.78, 5) is 14.2. The minimum Gasteiger partial charge on any atom is -0.464 e. The van der Waals surface area contributed by atoms with Gasteiger partial charge in [0.05, 0.1) is 12.2 Å². The first-order valence-corrected chi connectivity index (χ1v) is 8.63. The van der Waals surface area contributed by atoms with Crippen LogP contribution in [0.15, 0.2) is 33.5 Å². The maximum absolute atomic E-state index is 12.0. The summed E-state index contributed by atoms with van der Waals surface area (Å²) >= 11 is 0. The van der Waals surface area contributed by atoms with Crippen LogP contribution >= 0.6 is 0 Å². The summed E-state index contributed by atoms with van der Waals surface area (Å²) in [5, 5.41) is 14.7. The number of likely N-dealkylation sites (tertiary alicyclic amines) is 1. The third kappa shape index (κ3) is 3.30. The second kappa shape index (κ2) is 6.18. The van der Waals surface area contributed by atoms with E-state index in [1.807, 2.05) is 25.1 Å². The van der Waals surface area contributed by atoms with Gasteiger partial charge in [0.15, 0.2) is 0 Å². The summed E-state index contributed by atoms with van der Waals surface area (Å²) in [6.45, 7) is 4.84. The van der Waals surface area contributed by atoms with Crippen molar-refractivity contribution in [3.63, 3.8) is 0 Å². The fourth-order valence-corrected chi connectivity index (χ4v) is 3.35. The molecule has 0 radical (unpaired) electrons. The Bertz CT molecular complexity index is 772. The van der Waals surface area contributed by atoms with Gasteiger partial charge in [-0.25, -0.2) is 4.68 Å². The highest BCUT2D eigenvalue weighted by molar-refractivity contribution is 5.12. The van der Waals surface area contributed by atoms with E-state index >= 15 is 0 Å². The highest BCUT2D eigenvalue weighted by atomic mass is 16.4. The first kappa shape index (κ1) is 15.6. The van der Waals surface area contributed by atoms with Crippen molar-refractivity contribution in [2.24, 2.45) is 5.92 Å². The number of aryl methyl sites for hydroxylation is 1. The molecule has 0 spiro atoms. The van der Waals surface area contributed by atoms with E-state index in [2.05, 4.69) is 10.00 Å². The SMILES string of the molecule is Cc1ccc(C(O)CN2CC(Cn3nc(C4CC4)ccc3=O)C2)o1. The quantitative estimate of drug-likeness (QED) is 0.873. The standard InChI is InChI=1S/C18H23N3O3/c1-12-2-6-17(24-12)16(22)11-20-8-13(9-20)10-21-18(23)7-5-15(19-21)14-3-4-14/h2,5-7,13-14,16,22H,3-4,8-11H2,1H3. The molecular formula is C18H23N3O3. The van der Waals surface area contributed by atoms with Crippen molar-refractivity contribution in [2.75, 3.05) is 19.6 Å². The smallest absolute Gasteiger partial charge is 0.266 e. The molecule has 0 aromatic carbocycles. The van der Waals surface area contributed by atoms with Gasteiger partial charge < -0.3 is 9.52 Å². The average molecular weight is 329 g/mol. The maximum Gasteiger partial charge on any atom is 0.266 e. The van der Waals surface area contributed by atoms with Gasteiger partial charge in [-0.05, 0) is 38.0 Å². The minimum atomic E-state index is -0.598. The number of aliphatic hydroxyl groups is 1. The van der Waals surface area contributed by atoms with Crippen LogP contribution < -0.4 is 5.56 Å². The molecule has 2 fully saturated rings. The molecule has 1 unspecified atom stereocenters. The lowest BCUT2D eigenvalue weighted by Crippen LogP contribution is -2.50. The Kier molecular flexibility index (Phi) is 4.02. The van der Waals surface area contributed by atoms with Crippen LogP contribution in [0.4, 0.5) is 0 Å². The van der Waals surface area contributed by atoms with E-state index in [-0.39, 0.29) is 5.56 Å². The second-order valence-corrected chi connectivity index (χ2v) is 7.10. The minimum absolute atomic E-state index is 0.0241. The van der Waals surface area contributed by atoms with Crippen LogP contribution in [0.3, 0.4) is 0 Å². The Morgan fingerprint density at radius 2 is 2.08 bits per heavy atom. The van der Waals surface area contributed by atoms with Crippen LogP contribution in [0.5, 0.6) is 0 Å². The molecule has 2 aliphatic rings. The number of aromatic nitrogens is 2. The maximum atomic E-state index is 12.0. The van der Waals surface area contributed by atoms with E-state index in [0.717, 1.165) is 24.5 Å². The number of β-amino-alcohol motifs (C(OH)–C–C–N with tert-alkyl or cyclic N) is 1. The highest BCUT2D eigenvalue weighted by Gasteiger charge is 2.31. The van der Waals surface area contributed by atoms with E-state index in [1.54, 1.807) is 10.7 Å². The van der Waals surface area contributed by atoms with Crippen LogP contribution in [0.25, 0.3) is 0 Å². The van der Waals surface area contributed by atoms with E-state index in [9.17, 15) is 9.90 Å². The van der Waals surface area contributed by atoms with E-state index in [1.165, 1.54) is 12.8 Å². The van der Waals surface area contributed by atoms with Gasteiger partial charge in [0.2, 0.25) is 0 Å². The number of aliphatic hydroxyl groups excluding tert-OH is 1. The molecule has 0 amide bonds. The summed E-state index contributed by atoms with van der Waals surface area (Å²) in [6.07, 6.45) is 1.78. The zero-order valence-electron chi connectivity index (χ0n) is 13.9. The third-order valence-electron chi connectivity index (χ3n) is 4.87. The molecule has 1 aliphatic carbocycles. The fraction of sp³-hybridized carbons (Fsp3) is 0.556. The van der Waals surface area contributed by atoms with Crippen molar-refractivity contribution in [1.82, 2.24) is 14.7 Å². The molecule has 1 atom stereocenters. The molecule has 3 heterocycles. The van der Waals surface area contributed by atoms with Gasteiger partial charge in [0.1, 0.15) is 17.6 Å². The molecular weight excluding hydrogens is 306 g/mol. The van der Waals surface area contributed by atoms with Crippen molar-refractivity contribution >= 4 is 0 Å². The topological polar surface area (TPSA) is 71.5 Å². The highest BCUT2D eigenvalue weighted by Crippen LogP contribution is 2.38. The van der Waals surface area contributed by atoms with Crippen LogP contribution in [-0.4, -0.2) is 39.4 Å². The van der Waals surface area contributed by atoms with E-state index in [4.69, 9.17) is 4.42 Å². The van der Waals surface area contributed by atoms with Gasteiger partial charge in [-0.3, -0.25) is 9.69 Å². The molecule has 1 saturated carbocycles. The van der Waals surface area contributed by atoms with Gasteiger partial charge in [0.25, 0.3) is 5.56 Å². The van der Waals surface area contributed by atoms with Gasteiger partial charge in [-0.1, -0.05) is 0 Å². The van der Waals surface area contributed by atoms with Crippen LogP contribution in [0.2, 0.25) is 0 Å². The molecule has 24 heavy (non-hydrogen) atoms. The van der Waals surface area contributed by atoms with Gasteiger partial charge in [-0.15, -0.1) is 0 Å². The first-order valence-electron chi connectivity index (χ1n) is 8.63. The van der Waals surface area contributed by atoms with Crippen molar-refractivity contribution < 1.29 is 9.52 Å². The number of hydrogen-bond acceptors (Lipinski definition) is 5. The number of furan rings is 1. The summed E-state index contributed by atoms with van der Waals surface area (Å²) in [6, 6.07) is 7.19. The average Bonchev–Trinajstić information content (AvgIpc) is 3.28. The molecule has 6 nitrogen and oxygen atoms in total. The van der Waals surface area contributed by atoms with Crippen LogP contribution in [0.1, 0.15) is 42.1 Å². The molecule has 1 N–H and O–H groups in total. The van der Waals surface area contributed by atoms with Gasteiger partial charge >= 0.3 is 0 Å². The van der Waals surface area contributed by atoms with Crippen molar-refractivity contribution in [2.45, 2.75) is 38.3 Å². The number of hydrogen-bond donors (Lipinski definition) is 1. The zero-order chi connectivity index (χ0) is 16.7. The van der Waals surface area contributed by atoms with E-state index in [0.29, 0.717) is 30.7 Å². The fourth-order valence-electron chi connectivity index (χ4n) is 3.35. The summed E-state index contributed by atoms with van der Waals surface area (Å²) in [5.74, 6) is 2.40. The second-order valence-electron chi connectivity index (χ2n) is 7.10. The summed E-state index contributed by atoms with van der Waals surface area (Å²) in [7, 11) is 0. The number of rotatable bonds is 6. The lowest BCUT2D eigenvalue weighted by Gasteiger charge is -2.40. The first-order chi connectivity index (χ1) is 11.6. The molecule has 6 heteroatoms. The zero-order valence-corrected chi connectivity index (χ0v) is 13.9. The summed E-state index contributed by atoms with van der Waals surface area (Å²) < 4.78 is 7.08.